The summed E-state index contributed by atoms with van der Waals surface area (Å²) in [6, 6.07) is 19.4. The normalized spacial score (nSPS) is 21.1. The summed E-state index contributed by atoms with van der Waals surface area (Å²) in [5, 5.41) is 1.18. The van der Waals surface area contributed by atoms with Crippen molar-refractivity contribution in [3.8, 4) is 0 Å². The van der Waals surface area contributed by atoms with E-state index < -0.39 is 26.4 Å². The Morgan fingerprint density at radius 1 is 1.09 bits per heavy atom. The molecule has 0 amide bonds. The molecule has 4 N–H and O–H groups in total. The van der Waals surface area contributed by atoms with E-state index in [0.29, 0.717) is 35.9 Å². The van der Waals surface area contributed by atoms with Gasteiger partial charge in [-0.1, -0.05) is 60.7 Å². The molecule has 8 heteroatoms. The summed E-state index contributed by atoms with van der Waals surface area (Å²) in [7, 11) is -4.72. The van der Waals surface area contributed by atoms with E-state index in [1.54, 1.807) is 0 Å². The van der Waals surface area contributed by atoms with Crippen LogP contribution in [0.3, 0.4) is 0 Å². The van der Waals surface area contributed by atoms with Gasteiger partial charge in [0, 0.05) is 33.9 Å². The zero-order valence-corrected chi connectivity index (χ0v) is 19.4. The Hall–Kier alpha value is -2.55. The lowest BCUT2D eigenvalue weighted by Crippen LogP contribution is -2.71. The second-order valence-electron chi connectivity index (χ2n) is 8.19. The summed E-state index contributed by atoms with van der Waals surface area (Å²) >= 11 is 0. The fraction of sp³-hybridized carbons (Fsp3) is 0.292. The third-order valence-corrected chi connectivity index (χ3v) is 8.21. The molecule has 0 radical (unpaired) electrons. The van der Waals surface area contributed by atoms with Crippen molar-refractivity contribution in [3.63, 3.8) is 0 Å². The highest BCUT2D eigenvalue weighted by molar-refractivity contribution is 7.92. The first-order valence-electron chi connectivity index (χ1n) is 10.6. The summed E-state index contributed by atoms with van der Waals surface area (Å²) in [5.74, 6) is 0.846. The molecule has 1 saturated carbocycles. The van der Waals surface area contributed by atoms with Crippen LogP contribution in [0.1, 0.15) is 30.4 Å². The second-order valence-corrected chi connectivity index (χ2v) is 11.3. The minimum atomic E-state index is -3.70. The molecule has 0 spiro atoms. The van der Waals surface area contributed by atoms with E-state index in [9.17, 15) is 12.6 Å². The number of nitrogens with one attached hydrogen (secondary N) is 2. The smallest absolute Gasteiger partial charge is 0.234 e. The highest BCUT2D eigenvalue weighted by Crippen LogP contribution is 2.46. The van der Waals surface area contributed by atoms with Gasteiger partial charge in [0.25, 0.3) is 0 Å². The molecule has 1 aliphatic heterocycles. The summed E-state index contributed by atoms with van der Waals surface area (Å²) in [6.45, 7) is 0.505. The first-order valence-corrected chi connectivity index (χ1v) is 13.7. The molecular weight excluding hydrogens is 442 g/mol. The third-order valence-electron chi connectivity index (χ3n) is 5.77. The van der Waals surface area contributed by atoms with Gasteiger partial charge < -0.3 is 5.73 Å². The van der Waals surface area contributed by atoms with E-state index in [4.69, 9.17) is 5.73 Å². The molecule has 1 aliphatic carbocycles. The van der Waals surface area contributed by atoms with Crippen LogP contribution in [0.15, 0.2) is 83.4 Å². The van der Waals surface area contributed by atoms with Gasteiger partial charge in [-0.05, 0) is 24.8 Å². The average Bonchev–Trinajstić information content (AvgIpc) is 3.57. The quantitative estimate of drug-likeness (QED) is 0.505. The van der Waals surface area contributed by atoms with Crippen LogP contribution in [0.2, 0.25) is 0 Å². The molecule has 1 unspecified atom stereocenters. The predicted molar refractivity (Wildman–Crippen MR) is 128 cm³/mol. The summed E-state index contributed by atoms with van der Waals surface area (Å²) in [5.41, 5.74) is 9.68. The molecule has 1 fully saturated rings. The lowest BCUT2D eigenvalue weighted by atomic mass is 10.1. The minimum absolute atomic E-state index is 0.314. The summed E-state index contributed by atoms with van der Waals surface area (Å²) in [6.07, 6.45) is 3.61. The standard InChI is InChI=1S/C24H27N3O3S2/c25-22-11-15-31(28)18-21(22)23(26-17-19-7-3-1-4-8-19)12-16-32(29,30)27-24(13-14-24)20-9-5-2-6-10-20/h1-10,12,16,27H,11,13-15,17-18,25H2/p+1/b16-12+,26-23?. The first kappa shape index (κ1) is 22.6. The maximum absolute atomic E-state index is 12.9. The van der Waals surface area contributed by atoms with Gasteiger partial charge in [0.05, 0.1) is 22.3 Å². The number of allylic oxidation sites excluding steroid dienone is 2. The molecule has 0 aromatic heterocycles. The largest absolute Gasteiger partial charge is 0.402 e. The van der Waals surface area contributed by atoms with Crippen molar-refractivity contribution in [1.82, 2.24) is 4.72 Å². The van der Waals surface area contributed by atoms with Crippen LogP contribution in [-0.4, -0.2) is 29.8 Å². The molecule has 2 aromatic carbocycles. The van der Waals surface area contributed by atoms with Gasteiger partial charge >= 0.3 is 0 Å². The van der Waals surface area contributed by atoms with Crippen LogP contribution in [0.4, 0.5) is 0 Å². The van der Waals surface area contributed by atoms with Crippen LogP contribution >= 0.6 is 0 Å². The summed E-state index contributed by atoms with van der Waals surface area (Å²) < 4.78 is 40.9. The number of rotatable bonds is 8. The third kappa shape index (κ3) is 5.62. The number of nitrogens with two attached hydrogens (primary N) is 1. The topological polar surface area (TPSA) is 103 Å². The zero-order chi connectivity index (χ0) is 22.6. The lowest BCUT2D eigenvalue weighted by molar-refractivity contribution is -0.473. The van der Waals surface area contributed by atoms with Gasteiger partial charge in [0.2, 0.25) is 15.7 Å². The second kappa shape index (κ2) is 9.52. The van der Waals surface area contributed by atoms with Crippen LogP contribution in [0.5, 0.6) is 0 Å². The Bertz CT molecular complexity index is 1180. The molecule has 4 rings (SSSR count). The van der Waals surface area contributed by atoms with Gasteiger partial charge in [-0.2, -0.15) is 0 Å². The van der Waals surface area contributed by atoms with E-state index in [-0.39, 0.29) is 0 Å². The van der Waals surface area contributed by atoms with Crippen molar-refractivity contribution in [2.24, 2.45) is 5.73 Å². The highest BCUT2D eigenvalue weighted by Gasteiger charge is 2.46. The van der Waals surface area contributed by atoms with E-state index in [1.165, 1.54) is 11.5 Å². The van der Waals surface area contributed by atoms with Gasteiger partial charge in [-0.15, -0.1) is 0 Å². The van der Waals surface area contributed by atoms with Crippen molar-refractivity contribution < 1.29 is 17.6 Å². The van der Waals surface area contributed by atoms with Gasteiger partial charge in [-0.25, -0.2) is 18.1 Å². The molecule has 0 saturated heterocycles. The maximum Gasteiger partial charge on any atom is 0.234 e. The van der Waals surface area contributed by atoms with Crippen molar-refractivity contribution in [3.05, 3.63) is 94.5 Å². The SMILES string of the molecule is NC1=C(C(/C=C/S(=O)(=O)NC2(c3ccccc3)CC2)=[NH+]Cc2ccccc2)CS(=O)CC1. The number of hydrogen-bond acceptors (Lipinski definition) is 4. The fourth-order valence-electron chi connectivity index (χ4n) is 3.81. The first-order chi connectivity index (χ1) is 15.4. The van der Waals surface area contributed by atoms with Crippen molar-refractivity contribution in [2.45, 2.75) is 31.3 Å². The Balaban J connectivity index is 1.59. The molecule has 2 aliphatic rings. The molecule has 1 heterocycles. The van der Waals surface area contributed by atoms with Crippen molar-refractivity contribution in [1.29, 1.82) is 0 Å². The van der Waals surface area contributed by atoms with E-state index in [0.717, 1.165) is 29.5 Å². The van der Waals surface area contributed by atoms with Crippen molar-refractivity contribution in [2.75, 3.05) is 11.5 Å². The zero-order valence-electron chi connectivity index (χ0n) is 17.8. The maximum atomic E-state index is 12.9. The monoisotopic (exact) mass is 470 g/mol. The van der Waals surface area contributed by atoms with E-state index in [2.05, 4.69) is 9.71 Å². The van der Waals surface area contributed by atoms with Gasteiger partial charge in [0.1, 0.15) is 0 Å². The molecule has 168 valence electrons. The molecule has 32 heavy (non-hydrogen) atoms. The fourth-order valence-corrected chi connectivity index (χ4v) is 6.31. The Labute approximate surface area is 191 Å². The van der Waals surface area contributed by atoms with Crippen LogP contribution in [-0.2, 0) is 32.9 Å². The Morgan fingerprint density at radius 2 is 1.75 bits per heavy atom. The Morgan fingerprint density at radius 3 is 2.41 bits per heavy atom. The predicted octanol–water partition coefficient (Wildman–Crippen LogP) is 1.20. The minimum Gasteiger partial charge on any atom is -0.402 e. The van der Waals surface area contributed by atoms with E-state index in [1.807, 2.05) is 60.7 Å². The number of sulfonamides is 1. The van der Waals surface area contributed by atoms with Gasteiger partial charge in [-0.3, -0.25) is 4.21 Å². The van der Waals surface area contributed by atoms with Gasteiger partial charge in [0.15, 0.2) is 6.54 Å². The number of benzene rings is 2. The molecule has 6 nitrogen and oxygen atoms in total. The Kier molecular flexibility index (Phi) is 6.74. The molecule has 0 bridgehead atoms. The molecular formula is C24H28N3O3S2+. The van der Waals surface area contributed by atoms with Crippen molar-refractivity contribution >= 4 is 26.5 Å². The molecule has 2 aromatic rings. The molecule has 1 atom stereocenters. The van der Waals surface area contributed by atoms with Crippen LogP contribution in [0, 0.1) is 0 Å². The number of hydrogen-bond donors (Lipinski definition) is 3. The van der Waals surface area contributed by atoms with Crippen LogP contribution < -0.4 is 15.4 Å². The van der Waals surface area contributed by atoms with E-state index >= 15 is 0 Å². The lowest BCUT2D eigenvalue weighted by Gasteiger charge is -2.17. The highest BCUT2D eigenvalue weighted by atomic mass is 32.2. The summed E-state index contributed by atoms with van der Waals surface area (Å²) in [4.78, 5) is 3.30. The average molecular weight is 471 g/mol. The van der Waals surface area contributed by atoms with Crippen LogP contribution in [0.25, 0.3) is 0 Å².